The first-order valence-electron chi connectivity index (χ1n) is 9.43. The SMILES string of the molecule is CCCCCc1ccc(NC(=O)NCCC(=O)Nc2ccc(C)cn2)cc1. The summed E-state index contributed by atoms with van der Waals surface area (Å²) in [6.07, 6.45) is 6.56. The van der Waals surface area contributed by atoms with Crippen molar-refractivity contribution < 1.29 is 9.59 Å². The highest BCUT2D eigenvalue weighted by Gasteiger charge is 2.06. The standard InChI is InChI=1S/C21H28N4O2/c1-3-4-5-6-17-8-10-18(11-9-17)24-21(27)22-14-13-20(26)25-19-12-7-16(2)15-23-19/h7-12,15H,3-6,13-14H2,1-2H3,(H2,22,24,27)(H,23,25,26). The normalized spacial score (nSPS) is 10.3. The van der Waals surface area contributed by atoms with E-state index in [2.05, 4.69) is 27.9 Å². The van der Waals surface area contributed by atoms with Crippen LogP contribution in [0.4, 0.5) is 16.3 Å². The summed E-state index contributed by atoms with van der Waals surface area (Å²) in [6.45, 7) is 4.37. The summed E-state index contributed by atoms with van der Waals surface area (Å²) in [5.41, 5.74) is 3.04. The molecule has 0 fully saturated rings. The first kappa shape index (κ1) is 20.4. The topological polar surface area (TPSA) is 83.1 Å². The number of nitrogens with one attached hydrogen (secondary N) is 3. The number of urea groups is 1. The molecule has 3 amide bonds. The van der Waals surface area contributed by atoms with Gasteiger partial charge in [-0.2, -0.15) is 0 Å². The van der Waals surface area contributed by atoms with Gasteiger partial charge < -0.3 is 16.0 Å². The second kappa shape index (κ2) is 11.0. The van der Waals surface area contributed by atoms with E-state index < -0.39 is 0 Å². The van der Waals surface area contributed by atoms with Crippen LogP contribution in [0.1, 0.15) is 43.7 Å². The van der Waals surface area contributed by atoms with Crippen LogP contribution in [0.15, 0.2) is 42.6 Å². The third kappa shape index (κ3) is 7.90. The van der Waals surface area contributed by atoms with Gasteiger partial charge in [0.15, 0.2) is 0 Å². The monoisotopic (exact) mass is 368 g/mol. The zero-order valence-electron chi connectivity index (χ0n) is 16.0. The van der Waals surface area contributed by atoms with Gasteiger partial charge in [-0.15, -0.1) is 0 Å². The lowest BCUT2D eigenvalue weighted by Crippen LogP contribution is -2.31. The number of rotatable bonds is 9. The van der Waals surface area contributed by atoms with Crippen LogP contribution in [-0.2, 0) is 11.2 Å². The highest BCUT2D eigenvalue weighted by atomic mass is 16.2. The van der Waals surface area contributed by atoms with Gasteiger partial charge in [-0.3, -0.25) is 4.79 Å². The zero-order valence-corrected chi connectivity index (χ0v) is 16.0. The molecule has 6 heteroatoms. The van der Waals surface area contributed by atoms with Crippen LogP contribution in [0.2, 0.25) is 0 Å². The molecule has 0 spiro atoms. The molecule has 2 aromatic rings. The average molecular weight is 368 g/mol. The third-order valence-corrected chi connectivity index (χ3v) is 4.10. The second-order valence-electron chi connectivity index (χ2n) is 6.55. The predicted octanol–water partition coefficient (Wildman–Crippen LogP) is 4.27. The number of hydrogen-bond donors (Lipinski definition) is 3. The molecule has 1 heterocycles. The van der Waals surface area contributed by atoms with E-state index in [0.717, 1.165) is 17.7 Å². The van der Waals surface area contributed by atoms with Crippen molar-refractivity contribution in [1.82, 2.24) is 10.3 Å². The molecule has 0 aliphatic carbocycles. The minimum atomic E-state index is -0.324. The molecule has 0 saturated heterocycles. The van der Waals surface area contributed by atoms with E-state index in [-0.39, 0.29) is 24.9 Å². The van der Waals surface area contributed by atoms with Gasteiger partial charge in [-0.1, -0.05) is 38.0 Å². The Kier molecular flexibility index (Phi) is 8.29. The van der Waals surface area contributed by atoms with Crippen LogP contribution < -0.4 is 16.0 Å². The maximum Gasteiger partial charge on any atom is 0.319 e. The highest BCUT2D eigenvalue weighted by Crippen LogP contribution is 2.12. The van der Waals surface area contributed by atoms with Crippen molar-refractivity contribution >= 4 is 23.4 Å². The van der Waals surface area contributed by atoms with Crippen molar-refractivity contribution in [2.45, 2.75) is 46.0 Å². The lowest BCUT2D eigenvalue weighted by Gasteiger charge is -2.09. The molecule has 0 bridgehead atoms. The Morgan fingerprint density at radius 2 is 1.78 bits per heavy atom. The summed E-state index contributed by atoms with van der Waals surface area (Å²) in [5.74, 6) is 0.317. The Labute approximate surface area is 160 Å². The first-order valence-corrected chi connectivity index (χ1v) is 9.43. The summed E-state index contributed by atoms with van der Waals surface area (Å²) in [7, 11) is 0. The van der Waals surface area contributed by atoms with E-state index >= 15 is 0 Å². The van der Waals surface area contributed by atoms with E-state index in [9.17, 15) is 9.59 Å². The molecule has 0 saturated carbocycles. The van der Waals surface area contributed by atoms with Crippen LogP contribution in [0.5, 0.6) is 0 Å². The number of anilines is 2. The molecular formula is C21H28N4O2. The zero-order chi connectivity index (χ0) is 19.5. The van der Waals surface area contributed by atoms with Gasteiger partial charge in [0.2, 0.25) is 5.91 Å². The van der Waals surface area contributed by atoms with Crippen LogP contribution in [-0.4, -0.2) is 23.5 Å². The molecule has 1 aromatic heterocycles. The molecule has 3 N–H and O–H groups in total. The summed E-state index contributed by atoms with van der Waals surface area (Å²) >= 11 is 0. The van der Waals surface area contributed by atoms with E-state index in [1.54, 1.807) is 12.3 Å². The molecule has 2 rings (SSSR count). The second-order valence-corrected chi connectivity index (χ2v) is 6.55. The van der Waals surface area contributed by atoms with Gasteiger partial charge in [0.05, 0.1) is 0 Å². The van der Waals surface area contributed by atoms with Crippen LogP contribution in [0.25, 0.3) is 0 Å². The van der Waals surface area contributed by atoms with Gasteiger partial charge in [-0.25, -0.2) is 9.78 Å². The number of hydrogen-bond acceptors (Lipinski definition) is 3. The predicted molar refractivity (Wildman–Crippen MR) is 109 cm³/mol. The Morgan fingerprint density at radius 1 is 1.00 bits per heavy atom. The first-order chi connectivity index (χ1) is 13.1. The Bertz CT molecular complexity index is 727. The Balaban J connectivity index is 1.66. The van der Waals surface area contributed by atoms with Gasteiger partial charge in [-0.05, 0) is 49.1 Å². The molecule has 0 unspecified atom stereocenters. The summed E-state index contributed by atoms with van der Waals surface area (Å²) in [5, 5.41) is 8.15. The van der Waals surface area contributed by atoms with E-state index in [4.69, 9.17) is 0 Å². The average Bonchev–Trinajstić information content (AvgIpc) is 2.65. The van der Waals surface area contributed by atoms with Crippen molar-refractivity contribution in [3.63, 3.8) is 0 Å². The number of unbranched alkanes of at least 4 members (excludes halogenated alkanes) is 2. The minimum Gasteiger partial charge on any atom is -0.337 e. The van der Waals surface area contributed by atoms with Crippen LogP contribution in [0, 0.1) is 6.92 Å². The Morgan fingerprint density at radius 3 is 2.44 bits per heavy atom. The molecule has 0 aliphatic heterocycles. The molecule has 1 aromatic carbocycles. The van der Waals surface area contributed by atoms with E-state index in [1.165, 1.54) is 24.8 Å². The number of carbonyl (C=O) groups is 2. The van der Waals surface area contributed by atoms with Crippen molar-refractivity contribution in [3.05, 3.63) is 53.7 Å². The van der Waals surface area contributed by atoms with Gasteiger partial charge >= 0.3 is 6.03 Å². The number of benzene rings is 1. The number of carbonyl (C=O) groups excluding carboxylic acids is 2. The fourth-order valence-electron chi connectivity index (χ4n) is 2.55. The minimum absolute atomic E-state index is 0.180. The lowest BCUT2D eigenvalue weighted by molar-refractivity contribution is -0.116. The van der Waals surface area contributed by atoms with E-state index in [0.29, 0.717) is 5.82 Å². The molecular weight excluding hydrogens is 340 g/mol. The number of amides is 3. The summed E-state index contributed by atoms with van der Waals surface area (Å²) < 4.78 is 0. The largest absolute Gasteiger partial charge is 0.337 e. The van der Waals surface area contributed by atoms with Gasteiger partial charge in [0.1, 0.15) is 5.82 Å². The third-order valence-electron chi connectivity index (χ3n) is 4.10. The molecule has 0 aliphatic rings. The molecule has 0 radical (unpaired) electrons. The lowest BCUT2D eigenvalue weighted by atomic mass is 10.1. The molecule has 0 atom stereocenters. The van der Waals surface area contributed by atoms with Gasteiger partial charge in [0, 0.05) is 24.8 Å². The number of aryl methyl sites for hydroxylation is 2. The maximum atomic E-state index is 11.9. The van der Waals surface area contributed by atoms with Crippen LogP contribution >= 0.6 is 0 Å². The fraction of sp³-hybridized carbons (Fsp3) is 0.381. The fourth-order valence-corrected chi connectivity index (χ4v) is 2.55. The smallest absolute Gasteiger partial charge is 0.319 e. The number of nitrogens with zero attached hydrogens (tertiary/aromatic N) is 1. The highest BCUT2D eigenvalue weighted by molar-refractivity contribution is 5.91. The molecule has 27 heavy (non-hydrogen) atoms. The Hall–Kier alpha value is -2.89. The van der Waals surface area contributed by atoms with Crippen molar-refractivity contribution in [2.75, 3.05) is 17.2 Å². The van der Waals surface area contributed by atoms with Crippen molar-refractivity contribution in [3.8, 4) is 0 Å². The summed E-state index contributed by atoms with van der Waals surface area (Å²) in [6, 6.07) is 11.2. The number of pyridine rings is 1. The van der Waals surface area contributed by atoms with E-state index in [1.807, 2.05) is 37.3 Å². The quantitative estimate of drug-likeness (QED) is 0.578. The molecule has 6 nitrogen and oxygen atoms in total. The van der Waals surface area contributed by atoms with Crippen LogP contribution in [0.3, 0.4) is 0 Å². The molecule has 144 valence electrons. The maximum absolute atomic E-state index is 11.9. The van der Waals surface area contributed by atoms with Crippen molar-refractivity contribution in [2.24, 2.45) is 0 Å². The van der Waals surface area contributed by atoms with Crippen molar-refractivity contribution in [1.29, 1.82) is 0 Å². The summed E-state index contributed by atoms with van der Waals surface area (Å²) in [4.78, 5) is 27.9. The number of aromatic nitrogens is 1. The van der Waals surface area contributed by atoms with Gasteiger partial charge in [0.25, 0.3) is 0 Å².